The van der Waals surface area contributed by atoms with E-state index in [0.29, 0.717) is 35.8 Å². The molecule has 130 valence electrons. The Balaban J connectivity index is 1.64. The van der Waals surface area contributed by atoms with Crippen molar-refractivity contribution >= 4 is 22.8 Å². The number of ether oxygens (including phenoxy) is 2. The standard InChI is InChI=1S/C18H20N4O3/c1-11-4-7-13-17(19-11)21-22-18(13)20-16(23)9-6-12-5-8-14(24-2)15(10-12)25-3/h4-5,7-8,10H,6,9H2,1-3H3,(H2,19,20,21,22,23). The van der Waals surface area contributed by atoms with E-state index in [1.807, 2.05) is 37.3 Å². The number of H-pyrrole nitrogens is 1. The van der Waals surface area contributed by atoms with Crippen LogP contribution in [0.5, 0.6) is 11.5 Å². The predicted molar refractivity (Wildman–Crippen MR) is 95.1 cm³/mol. The lowest BCUT2D eigenvalue weighted by molar-refractivity contribution is -0.116. The van der Waals surface area contributed by atoms with Crippen LogP contribution in [0.3, 0.4) is 0 Å². The first kappa shape index (κ1) is 16.8. The van der Waals surface area contributed by atoms with Crippen LogP contribution in [0, 0.1) is 6.92 Å². The molecule has 7 heteroatoms. The van der Waals surface area contributed by atoms with Crippen molar-refractivity contribution in [1.29, 1.82) is 0 Å². The van der Waals surface area contributed by atoms with Crippen LogP contribution in [0.1, 0.15) is 17.7 Å². The summed E-state index contributed by atoms with van der Waals surface area (Å²) in [6, 6.07) is 9.41. The average Bonchev–Trinajstić information content (AvgIpc) is 3.01. The Kier molecular flexibility index (Phi) is 4.83. The summed E-state index contributed by atoms with van der Waals surface area (Å²) < 4.78 is 10.5. The Labute approximate surface area is 145 Å². The largest absolute Gasteiger partial charge is 0.493 e. The van der Waals surface area contributed by atoms with Gasteiger partial charge in [0, 0.05) is 12.1 Å². The number of fused-ring (bicyclic) bond motifs is 1. The smallest absolute Gasteiger partial charge is 0.225 e. The number of aromatic nitrogens is 3. The average molecular weight is 340 g/mol. The van der Waals surface area contributed by atoms with Gasteiger partial charge in [0.25, 0.3) is 0 Å². The summed E-state index contributed by atoms with van der Waals surface area (Å²) in [6.45, 7) is 1.90. The topological polar surface area (TPSA) is 89.1 Å². The van der Waals surface area contributed by atoms with Crippen molar-refractivity contribution in [2.45, 2.75) is 19.8 Å². The summed E-state index contributed by atoms with van der Waals surface area (Å²) in [5, 5.41) is 10.6. The molecule has 3 rings (SSSR count). The first-order chi connectivity index (χ1) is 12.1. The van der Waals surface area contributed by atoms with Crippen molar-refractivity contribution in [2.75, 3.05) is 19.5 Å². The fourth-order valence-electron chi connectivity index (χ4n) is 2.59. The van der Waals surface area contributed by atoms with Crippen molar-refractivity contribution < 1.29 is 14.3 Å². The van der Waals surface area contributed by atoms with E-state index in [9.17, 15) is 4.79 Å². The predicted octanol–water partition coefficient (Wildman–Crippen LogP) is 2.85. The number of hydrogen-bond donors (Lipinski definition) is 2. The summed E-state index contributed by atoms with van der Waals surface area (Å²) >= 11 is 0. The number of anilines is 1. The summed E-state index contributed by atoms with van der Waals surface area (Å²) in [4.78, 5) is 16.6. The Hall–Kier alpha value is -3.09. The molecule has 0 aliphatic heterocycles. The highest BCUT2D eigenvalue weighted by molar-refractivity contribution is 5.98. The Bertz CT molecular complexity index is 904. The van der Waals surface area contributed by atoms with Gasteiger partial charge < -0.3 is 14.8 Å². The lowest BCUT2D eigenvalue weighted by Crippen LogP contribution is -2.13. The minimum absolute atomic E-state index is 0.108. The first-order valence-corrected chi connectivity index (χ1v) is 7.93. The Morgan fingerprint density at radius 2 is 1.96 bits per heavy atom. The minimum Gasteiger partial charge on any atom is -0.493 e. The number of methoxy groups -OCH3 is 2. The normalized spacial score (nSPS) is 10.7. The molecule has 2 aromatic heterocycles. The summed E-state index contributed by atoms with van der Waals surface area (Å²) in [6.07, 6.45) is 0.926. The molecule has 2 N–H and O–H groups in total. The van der Waals surface area contributed by atoms with E-state index in [4.69, 9.17) is 9.47 Å². The van der Waals surface area contributed by atoms with Gasteiger partial charge >= 0.3 is 0 Å². The zero-order valence-corrected chi connectivity index (χ0v) is 14.4. The lowest BCUT2D eigenvalue weighted by Gasteiger charge is -2.09. The number of amides is 1. The highest BCUT2D eigenvalue weighted by Crippen LogP contribution is 2.28. The highest BCUT2D eigenvalue weighted by atomic mass is 16.5. The van der Waals surface area contributed by atoms with Crippen LogP contribution < -0.4 is 14.8 Å². The maximum absolute atomic E-state index is 12.2. The molecule has 0 bridgehead atoms. The van der Waals surface area contributed by atoms with E-state index < -0.39 is 0 Å². The van der Waals surface area contributed by atoms with E-state index in [1.165, 1.54) is 0 Å². The van der Waals surface area contributed by atoms with Crippen molar-refractivity contribution in [2.24, 2.45) is 0 Å². The second kappa shape index (κ2) is 7.21. The molecule has 0 saturated heterocycles. The van der Waals surface area contributed by atoms with Crippen LogP contribution in [0.4, 0.5) is 5.82 Å². The third-order valence-electron chi connectivity index (χ3n) is 3.91. The van der Waals surface area contributed by atoms with Crippen molar-refractivity contribution in [1.82, 2.24) is 15.2 Å². The molecule has 25 heavy (non-hydrogen) atoms. The summed E-state index contributed by atoms with van der Waals surface area (Å²) in [5.41, 5.74) is 2.55. The van der Waals surface area contributed by atoms with E-state index in [2.05, 4.69) is 20.5 Å². The SMILES string of the molecule is COc1ccc(CCC(=O)Nc2n[nH]c3nc(C)ccc23)cc1OC. The molecule has 0 unspecified atom stereocenters. The second-order valence-electron chi connectivity index (χ2n) is 5.66. The Morgan fingerprint density at radius 1 is 1.16 bits per heavy atom. The molecule has 0 spiro atoms. The molecule has 0 aliphatic rings. The van der Waals surface area contributed by atoms with Crippen molar-refractivity contribution in [3.63, 3.8) is 0 Å². The molecule has 3 aromatic rings. The van der Waals surface area contributed by atoms with Crippen LogP contribution in [0.2, 0.25) is 0 Å². The zero-order valence-electron chi connectivity index (χ0n) is 14.4. The number of aryl methyl sites for hydroxylation is 2. The van der Waals surface area contributed by atoms with E-state index in [1.54, 1.807) is 14.2 Å². The van der Waals surface area contributed by atoms with Gasteiger partial charge in [-0.1, -0.05) is 6.07 Å². The van der Waals surface area contributed by atoms with Gasteiger partial charge in [0.15, 0.2) is 23.0 Å². The van der Waals surface area contributed by atoms with Gasteiger partial charge in [-0.15, -0.1) is 0 Å². The molecule has 1 aromatic carbocycles. The van der Waals surface area contributed by atoms with Crippen LogP contribution in [-0.4, -0.2) is 35.3 Å². The second-order valence-corrected chi connectivity index (χ2v) is 5.66. The molecule has 0 saturated carbocycles. The van der Waals surface area contributed by atoms with Crippen molar-refractivity contribution in [3.05, 3.63) is 41.6 Å². The molecular weight excluding hydrogens is 320 g/mol. The molecule has 0 radical (unpaired) electrons. The van der Waals surface area contributed by atoms with Gasteiger partial charge in [-0.2, -0.15) is 5.10 Å². The monoisotopic (exact) mass is 340 g/mol. The minimum atomic E-state index is -0.108. The lowest BCUT2D eigenvalue weighted by atomic mass is 10.1. The number of carbonyl (C=O) groups is 1. The van der Waals surface area contributed by atoms with E-state index in [0.717, 1.165) is 16.6 Å². The Morgan fingerprint density at radius 3 is 2.72 bits per heavy atom. The van der Waals surface area contributed by atoms with Gasteiger partial charge in [0.05, 0.1) is 19.6 Å². The number of rotatable bonds is 6. The van der Waals surface area contributed by atoms with Gasteiger partial charge in [-0.3, -0.25) is 9.89 Å². The number of benzene rings is 1. The third kappa shape index (κ3) is 3.71. The van der Waals surface area contributed by atoms with Gasteiger partial charge in [-0.05, 0) is 43.2 Å². The van der Waals surface area contributed by atoms with E-state index >= 15 is 0 Å². The number of pyridine rings is 1. The molecule has 0 aliphatic carbocycles. The zero-order chi connectivity index (χ0) is 17.8. The summed E-state index contributed by atoms with van der Waals surface area (Å²) in [5.74, 6) is 1.71. The van der Waals surface area contributed by atoms with Gasteiger partial charge in [-0.25, -0.2) is 4.98 Å². The van der Waals surface area contributed by atoms with Crippen LogP contribution >= 0.6 is 0 Å². The third-order valence-corrected chi connectivity index (χ3v) is 3.91. The number of hydrogen-bond acceptors (Lipinski definition) is 5. The molecule has 2 heterocycles. The van der Waals surface area contributed by atoms with Crippen LogP contribution in [0.25, 0.3) is 11.0 Å². The van der Waals surface area contributed by atoms with Crippen molar-refractivity contribution in [3.8, 4) is 11.5 Å². The summed E-state index contributed by atoms with van der Waals surface area (Å²) in [7, 11) is 3.18. The fourth-order valence-corrected chi connectivity index (χ4v) is 2.59. The van der Waals surface area contributed by atoms with Crippen LogP contribution in [-0.2, 0) is 11.2 Å². The van der Waals surface area contributed by atoms with E-state index in [-0.39, 0.29) is 5.91 Å². The molecule has 0 fully saturated rings. The molecule has 0 atom stereocenters. The maximum atomic E-state index is 12.2. The maximum Gasteiger partial charge on any atom is 0.225 e. The number of nitrogens with zero attached hydrogens (tertiary/aromatic N) is 2. The van der Waals surface area contributed by atoms with Crippen LogP contribution in [0.15, 0.2) is 30.3 Å². The quantitative estimate of drug-likeness (QED) is 0.720. The van der Waals surface area contributed by atoms with Gasteiger partial charge in [0.1, 0.15) is 0 Å². The number of aromatic amines is 1. The molecule has 7 nitrogen and oxygen atoms in total. The highest BCUT2D eigenvalue weighted by Gasteiger charge is 2.11. The molecular formula is C18H20N4O3. The number of nitrogens with one attached hydrogen (secondary N) is 2. The molecule has 1 amide bonds. The first-order valence-electron chi connectivity index (χ1n) is 7.93. The fraction of sp³-hybridized carbons (Fsp3) is 0.278. The van der Waals surface area contributed by atoms with Gasteiger partial charge in [0.2, 0.25) is 5.91 Å². The number of carbonyl (C=O) groups excluding carboxylic acids is 1.